The average Bonchev–Trinajstić information content (AvgIpc) is 3.29. The van der Waals surface area contributed by atoms with Crippen molar-refractivity contribution in [3.05, 3.63) is 105 Å². The molecule has 0 unspecified atom stereocenters. The van der Waals surface area contributed by atoms with E-state index >= 15 is 0 Å². The molecule has 3 aromatic rings. The van der Waals surface area contributed by atoms with Crippen molar-refractivity contribution < 1.29 is 14.5 Å². The second-order valence-corrected chi connectivity index (χ2v) is 8.83. The van der Waals surface area contributed by atoms with Gasteiger partial charge in [0.15, 0.2) is 5.54 Å². The van der Waals surface area contributed by atoms with Crippen LogP contribution in [0.3, 0.4) is 0 Å². The number of carbonyl (C=O) groups excluding carboxylic acids is 1. The number of fused-ring (bicyclic) bond motifs is 2. The number of hydrogen-bond acceptors (Lipinski definition) is 5. The number of para-hydroxylation sites is 1. The summed E-state index contributed by atoms with van der Waals surface area (Å²) in [6.07, 6.45) is 0. The van der Waals surface area contributed by atoms with Crippen molar-refractivity contribution in [1.29, 1.82) is 0 Å². The fraction of sp³-hybridized carbons (Fsp3) is 0.269. The van der Waals surface area contributed by atoms with Gasteiger partial charge in [0.25, 0.3) is 11.9 Å². The van der Waals surface area contributed by atoms with Gasteiger partial charge in [0.05, 0.1) is 5.92 Å². The van der Waals surface area contributed by atoms with Crippen LogP contribution >= 0.6 is 0 Å². The average molecular weight is 444 g/mol. The Hall–Kier alpha value is -3.71. The number of carbonyl (C=O) groups is 1. The molecule has 3 aromatic carbocycles. The zero-order valence-corrected chi connectivity index (χ0v) is 18.5. The van der Waals surface area contributed by atoms with E-state index in [2.05, 4.69) is 5.32 Å². The van der Waals surface area contributed by atoms with Gasteiger partial charge < -0.3 is 10.1 Å². The first kappa shape index (κ1) is 21.2. The molecule has 7 heteroatoms. The Morgan fingerprint density at radius 1 is 1.09 bits per heavy atom. The second kappa shape index (κ2) is 8.01. The van der Waals surface area contributed by atoms with Gasteiger partial charge in [0.1, 0.15) is 12.4 Å². The molecule has 1 amide bonds. The summed E-state index contributed by atoms with van der Waals surface area (Å²) in [6, 6.07) is 21.7. The molecule has 168 valence electrons. The van der Waals surface area contributed by atoms with E-state index in [1.54, 1.807) is 13.1 Å². The quantitative estimate of drug-likeness (QED) is 0.474. The van der Waals surface area contributed by atoms with E-state index in [-0.39, 0.29) is 10.8 Å². The van der Waals surface area contributed by atoms with Crippen LogP contribution in [0.25, 0.3) is 0 Å². The summed E-state index contributed by atoms with van der Waals surface area (Å²) in [5.41, 5.74) is 3.07. The highest BCUT2D eigenvalue weighted by atomic mass is 16.6. The van der Waals surface area contributed by atoms with Crippen molar-refractivity contribution in [1.82, 2.24) is 4.90 Å². The van der Waals surface area contributed by atoms with Crippen molar-refractivity contribution in [2.45, 2.75) is 31.0 Å². The van der Waals surface area contributed by atoms with Crippen LogP contribution in [0, 0.1) is 17.0 Å². The molecule has 0 bridgehead atoms. The predicted molar refractivity (Wildman–Crippen MR) is 125 cm³/mol. The zero-order valence-electron chi connectivity index (χ0n) is 18.5. The summed E-state index contributed by atoms with van der Waals surface area (Å²) in [5, 5.41) is 15.2. The van der Waals surface area contributed by atoms with Gasteiger partial charge in [0.2, 0.25) is 0 Å². The van der Waals surface area contributed by atoms with Crippen molar-refractivity contribution in [3.63, 3.8) is 0 Å². The number of ether oxygens (including phenoxy) is 1. The number of likely N-dealkylation sites (N-methyl/N-ethyl adjacent to an activating group) is 1. The molecule has 3 atom stereocenters. The molecule has 7 nitrogen and oxygen atoms in total. The Labute approximate surface area is 192 Å². The van der Waals surface area contributed by atoms with E-state index in [0.29, 0.717) is 30.2 Å². The van der Waals surface area contributed by atoms with Crippen LogP contribution in [0.2, 0.25) is 0 Å². The molecular formula is C26H25N3O4. The molecule has 0 aromatic heterocycles. The highest BCUT2D eigenvalue weighted by Gasteiger charge is 2.68. The molecule has 1 N–H and O–H groups in total. The molecule has 0 aliphatic carbocycles. The highest BCUT2D eigenvalue weighted by Crippen LogP contribution is 2.51. The van der Waals surface area contributed by atoms with Crippen molar-refractivity contribution in [2.24, 2.45) is 0 Å². The third-order valence-electron chi connectivity index (χ3n) is 6.88. The lowest BCUT2D eigenvalue weighted by atomic mass is 9.79. The molecule has 1 spiro atoms. The van der Waals surface area contributed by atoms with E-state index in [9.17, 15) is 14.9 Å². The zero-order chi connectivity index (χ0) is 23.2. The number of amides is 1. The van der Waals surface area contributed by atoms with Crippen LogP contribution < -0.4 is 10.1 Å². The first-order chi connectivity index (χ1) is 15.9. The number of aryl methyl sites for hydroxylation is 1. The van der Waals surface area contributed by atoms with E-state index in [4.69, 9.17) is 4.74 Å². The minimum atomic E-state index is -1.33. The third kappa shape index (κ3) is 3.36. The summed E-state index contributed by atoms with van der Waals surface area (Å²) < 4.78 is 5.89. The van der Waals surface area contributed by atoms with Gasteiger partial charge in [0, 0.05) is 22.7 Å². The standard InChI is InChI=1S/C26H25N3O4/c1-17-7-9-18(10-8-17)16-33-20-13-11-19(12-14-20)21-15-28(2)26(24(21)29(31)32)22-5-3-4-6-23(22)27-25(26)30/h3-14,21,24H,15-16H2,1-2H3,(H,27,30)/t21-,24+,26+/m0/s1. The summed E-state index contributed by atoms with van der Waals surface area (Å²) in [7, 11) is 1.79. The summed E-state index contributed by atoms with van der Waals surface area (Å²) in [4.78, 5) is 27.1. The number of likely N-dealkylation sites (tertiary alicyclic amines) is 1. The van der Waals surface area contributed by atoms with E-state index in [1.165, 1.54) is 5.56 Å². The van der Waals surface area contributed by atoms with Gasteiger partial charge in [-0.1, -0.05) is 60.2 Å². The van der Waals surface area contributed by atoms with Gasteiger partial charge in [-0.05, 0) is 43.3 Å². The van der Waals surface area contributed by atoms with E-state index in [0.717, 1.165) is 11.1 Å². The monoisotopic (exact) mass is 443 g/mol. The van der Waals surface area contributed by atoms with Gasteiger partial charge in [-0.2, -0.15) is 0 Å². The molecule has 33 heavy (non-hydrogen) atoms. The van der Waals surface area contributed by atoms with Gasteiger partial charge in [-0.25, -0.2) is 0 Å². The number of nitrogens with one attached hydrogen (secondary N) is 1. The highest BCUT2D eigenvalue weighted by molar-refractivity contribution is 6.06. The molecule has 0 saturated carbocycles. The smallest absolute Gasteiger partial charge is 0.256 e. The van der Waals surface area contributed by atoms with Crippen LogP contribution in [0.5, 0.6) is 5.75 Å². The van der Waals surface area contributed by atoms with Crippen LogP contribution in [0.1, 0.15) is 28.2 Å². The Morgan fingerprint density at radius 2 is 1.79 bits per heavy atom. The van der Waals surface area contributed by atoms with Crippen LogP contribution in [-0.2, 0) is 16.9 Å². The molecule has 2 aliphatic rings. The second-order valence-electron chi connectivity index (χ2n) is 8.83. The fourth-order valence-electron chi connectivity index (χ4n) is 5.24. The summed E-state index contributed by atoms with van der Waals surface area (Å²) in [6.45, 7) is 2.89. The van der Waals surface area contributed by atoms with E-state index < -0.39 is 17.5 Å². The van der Waals surface area contributed by atoms with Gasteiger partial charge >= 0.3 is 0 Å². The van der Waals surface area contributed by atoms with Crippen LogP contribution in [0.15, 0.2) is 72.8 Å². The van der Waals surface area contributed by atoms with Crippen molar-refractivity contribution in [2.75, 3.05) is 18.9 Å². The lowest BCUT2D eigenvalue weighted by Gasteiger charge is -2.30. The number of benzene rings is 3. The predicted octanol–water partition coefficient (Wildman–Crippen LogP) is 4.10. The Bertz CT molecular complexity index is 1210. The lowest BCUT2D eigenvalue weighted by molar-refractivity contribution is -0.534. The SMILES string of the molecule is Cc1ccc(COc2ccc([C@@H]3CN(C)[C@@]4(C(=O)Nc5ccccc54)[C@@H]3[N+](=O)[O-])cc2)cc1. The molecular weight excluding hydrogens is 418 g/mol. The summed E-state index contributed by atoms with van der Waals surface area (Å²) >= 11 is 0. The number of nitro groups is 1. The molecule has 2 aliphatic heterocycles. The van der Waals surface area contributed by atoms with E-state index in [1.807, 2.05) is 78.6 Å². The number of anilines is 1. The Morgan fingerprint density at radius 3 is 2.48 bits per heavy atom. The molecule has 5 rings (SSSR count). The molecule has 0 radical (unpaired) electrons. The maximum atomic E-state index is 13.2. The molecule has 2 heterocycles. The summed E-state index contributed by atoms with van der Waals surface area (Å²) in [5.74, 6) is -0.0801. The topological polar surface area (TPSA) is 84.7 Å². The van der Waals surface area contributed by atoms with Gasteiger partial charge in [-0.15, -0.1) is 0 Å². The van der Waals surface area contributed by atoms with Crippen LogP contribution in [0.4, 0.5) is 5.69 Å². The maximum Gasteiger partial charge on any atom is 0.256 e. The normalized spacial score (nSPS) is 24.0. The Kier molecular flexibility index (Phi) is 5.13. The van der Waals surface area contributed by atoms with Crippen molar-refractivity contribution >= 4 is 11.6 Å². The molecule has 1 fully saturated rings. The molecule has 1 saturated heterocycles. The first-order valence-corrected chi connectivity index (χ1v) is 10.9. The number of hydrogen-bond donors (Lipinski definition) is 1. The largest absolute Gasteiger partial charge is 0.489 e. The van der Waals surface area contributed by atoms with Crippen molar-refractivity contribution in [3.8, 4) is 5.75 Å². The third-order valence-corrected chi connectivity index (χ3v) is 6.88. The number of rotatable bonds is 5. The number of nitrogens with zero attached hydrogens (tertiary/aromatic N) is 2. The fourth-order valence-corrected chi connectivity index (χ4v) is 5.24. The minimum Gasteiger partial charge on any atom is -0.489 e. The first-order valence-electron chi connectivity index (χ1n) is 10.9. The van der Waals surface area contributed by atoms with Crippen LogP contribution in [-0.4, -0.2) is 35.4 Å². The van der Waals surface area contributed by atoms with Gasteiger partial charge in [-0.3, -0.25) is 19.8 Å². The Balaban J connectivity index is 1.42. The maximum absolute atomic E-state index is 13.2. The lowest BCUT2D eigenvalue weighted by Crippen LogP contribution is -2.54. The minimum absolute atomic E-state index is 0.294.